The Morgan fingerprint density at radius 2 is 1.89 bits per heavy atom. The second kappa shape index (κ2) is 14.1. The van der Waals surface area contributed by atoms with Gasteiger partial charge in [-0.05, 0) is 80.5 Å². The predicted octanol–water partition coefficient (Wildman–Crippen LogP) is 7.63. The molecule has 1 aliphatic heterocycles. The number of carbonyl (C=O) groups is 1. The van der Waals surface area contributed by atoms with Crippen LogP contribution in [0, 0.1) is 6.92 Å². The van der Waals surface area contributed by atoms with Crippen molar-refractivity contribution in [3.63, 3.8) is 0 Å². The zero-order valence-electron chi connectivity index (χ0n) is 26.5. The molecular formula is C36H44N4O4. The maximum atomic E-state index is 11.8. The molecule has 0 aliphatic carbocycles. The molecule has 232 valence electrons. The van der Waals surface area contributed by atoms with Gasteiger partial charge in [0.1, 0.15) is 17.9 Å². The van der Waals surface area contributed by atoms with Gasteiger partial charge in [-0.15, -0.1) is 0 Å². The lowest BCUT2D eigenvalue weighted by Crippen LogP contribution is -2.39. The average molecular weight is 597 g/mol. The van der Waals surface area contributed by atoms with Crippen molar-refractivity contribution < 1.29 is 19.4 Å². The van der Waals surface area contributed by atoms with Gasteiger partial charge in [-0.3, -0.25) is 4.90 Å². The van der Waals surface area contributed by atoms with Crippen molar-refractivity contribution in [1.29, 1.82) is 0 Å². The normalized spacial score (nSPS) is 14.0. The van der Waals surface area contributed by atoms with Crippen LogP contribution < -0.4 is 9.47 Å². The van der Waals surface area contributed by atoms with Gasteiger partial charge in [-0.25, -0.2) is 9.78 Å². The van der Waals surface area contributed by atoms with Crippen molar-refractivity contribution in [1.82, 2.24) is 19.7 Å². The number of carboxylic acids is 1. The molecule has 0 fully saturated rings. The minimum Gasteiger partial charge on any atom is -0.488 e. The summed E-state index contributed by atoms with van der Waals surface area (Å²) in [4.78, 5) is 19.3. The molecule has 0 spiro atoms. The molecule has 4 aromatic rings. The quantitative estimate of drug-likeness (QED) is 0.170. The zero-order valence-corrected chi connectivity index (χ0v) is 26.5. The molecule has 0 radical (unpaired) electrons. The van der Waals surface area contributed by atoms with Crippen LogP contribution in [0.25, 0.3) is 17.1 Å². The molecule has 2 aromatic carbocycles. The molecule has 1 unspecified atom stereocenters. The smallest absolute Gasteiger partial charge is 0.342 e. The Hall–Kier alpha value is -4.17. The fourth-order valence-corrected chi connectivity index (χ4v) is 5.99. The molecule has 8 heteroatoms. The fourth-order valence-electron chi connectivity index (χ4n) is 5.99. The minimum atomic E-state index is -1.10. The number of hydrogen-bond acceptors (Lipinski definition) is 6. The summed E-state index contributed by atoms with van der Waals surface area (Å²) in [6, 6.07) is 19.1. The Morgan fingerprint density at radius 3 is 2.64 bits per heavy atom. The summed E-state index contributed by atoms with van der Waals surface area (Å²) < 4.78 is 13.8. The number of aromatic nitrogens is 3. The lowest BCUT2D eigenvalue weighted by atomic mass is 9.95. The number of fused-ring (bicyclic) bond motifs is 1. The number of hydrogen-bond donors (Lipinski definition) is 1. The van der Waals surface area contributed by atoms with E-state index < -0.39 is 5.97 Å². The van der Waals surface area contributed by atoms with Gasteiger partial charge in [0.25, 0.3) is 0 Å². The highest BCUT2D eigenvalue weighted by Gasteiger charge is 2.24. The third-order valence-electron chi connectivity index (χ3n) is 8.32. The first-order valence-corrected chi connectivity index (χ1v) is 15.8. The Balaban J connectivity index is 1.36. The molecule has 1 atom stereocenters. The van der Waals surface area contributed by atoms with E-state index in [1.165, 1.54) is 47.7 Å². The van der Waals surface area contributed by atoms with Gasteiger partial charge in [-0.2, -0.15) is 9.78 Å². The molecule has 0 saturated heterocycles. The molecule has 8 nitrogen and oxygen atoms in total. The van der Waals surface area contributed by atoms with Gasteiger partial charge >= 0.3 is 5.97 Å². The first kappa shape index (κ1) is 31.3. The van der Waals surface area contributed by atoms with E-state index in [9.17, 15) is 9.90 Å². The summed E-state index contributed by atoms with van der Waals surface area (Å²) in [7, 11) is 0. The van der Waals surface area contributed by atoms with Crippen LogP contribution in [0.1, 0.15) is 86.0 Å². The molecule has 3 heterocycles. The van der Waals surface area contributed by atoms with Crippen molar-refractivity contribution in [2.75, 3.05) is 6.54 Å². The second-order valence-electron chi connectivity index (χ2n) is 11.9. The number of ether oxygens (including phenoxy) is 2. The Labute approximate surface area is 260 Å². The lowest BCUT2D eigenvalue weighted by molar-refractivity contribution is 0.0690. The van der Waals surface area contributed by atoms with Crippen molar-refractivity contribution in [3.8, 4) is 28.7 Å². The van der Waals surface area contributed by atoms with E-state index in [1.807, 2.05) is 51.1 Å². The highest BCUT2D eigenvalue weighted by molar-refractivity contribution is 5.90. The fraction of sp³-hybridized carbons (Fsp3) is 0.417. The van der Waals surface area contributed by atoms with E-state index in [2.05, 4.69) is 42.0 Å². The number of rotatable bonds is 13. The largest absolute Gasteiger partial charge is 0.488 e. The number of unbranched alkanes of at least 4 members (excludes halogenated alkanes) is 1. The molecule has 1 N–H and O–H groups in total. The van der Waals surface area contributed by atoms with E-state index in [0.717, 1.165) is 42.0 Å². The maximum Gasteiger partial charge on any atom is 0.342 e. The number of aryl methyl sites for hydroxylation is 1. The van der Waals surface area contributed by atoms with Crippen molar-refractivity contribution in [3.05, 3.63) is 88.6 Å². The summed E-state index contributed by atoms with van der Waals surface area (Å²) in [5, 5.41) is 13.9. The summed E-state index contributed by atoms with van der Waals surface area (Å²) in [6.07, 6.45) is 7.16. The molecule has 2 aromatic heterocycles. The first-order valence-electron chi connectivity index (χ1n) is 15.8. The number of pyridine rings is 1. The zero-order chi connectivity index (χ0) is 31.2. The molecule has 1 aliphatic rings. The van der Waals surface area contributed by atoms with Crippen LogP contribution in [0.15, 0.2) is 60.8 Å². The molecular weight excluding hydrogens is 552 g/mol. The summed E-state index contributed by atoms with van der Waals surface area (Å²) in [5.41, 5.74) is 6.56. The van der Waals surface area contributed by atoms with E-state index in [1.54, 1.807) is 6.07 Å². The van der Waals surface area contributed by atoms with Gasteiger partial charge in [0.05, 0.1) is 18.0 Å². The van der Waals surface area contributed by atoms with Gasteiger partial charge in [0, 0.05) is 24.7 Å². The van der Waals surface area contributed by atoms with E-state index in [0.29, 0.717) is 24.2 Å². The van der Waals surface area contributed by atoms with Crippen molar-refractivity contribution >= 4 is 5.97 Å². The Kier molecular flexibility index (Phi) is 10.0. The van der Waals surface area contributed by atoms with Crippen LogP contribution in [-0.2, 0) is 19.6 Å². The Bertz CT molecular complexity index is 1600. The minimum absolute atomic E-state index is 0.00934. The monoisotopic (exact) mass is 596 g/mol. The molecule has 44 heavy (non-hydrogen) atoms. The molecule has 5 rings (SSSR count). The summed E-state index contributed by atoms with van der Waals surface area (Å²) >= 11 is 0. The Morgan fingerprint density at radius 1 is 1.07 bits per heavy atom. The van der Waals surface area contributed by atoms with Gasteiger partial charge in [-0.1, -0.05) is 63.1 Å². The van der Waals surface area contributed by atoms with Crippen LogP contribution in [0.5, 0.6) is 11.6 Å². The van der Waals surface area contributed by atoms with Crippen molar-refractivity contribution in [2.24, 2.45) is 0 Å². The highest BCUT2D eigenvalue weighted by atomic mass is 16.5. The van der Waals surface area contributed by atoms with Gasteiger partial charge in [0.15, 0.2) is 5.82 Å². The maximum absolute atomic E-state index is 11.8. The van der Waals surface area contributed by atoms with Crippen LogP contribution in [0.4, 0.5) is 0 Å². The summed E-state index contributed by atoms with van der Waals surface area (Å²) in [6.45, 7) is 12.9. The number of nitrogens with zero attached hydrogens (tertiary/aromatic N) is 4. The van der Waals surface area contributed by atoms with Gasteiger partial charge < -0.3 is 14.6 Å². The number of aromatic carboxylic acids is 1. The van der Waals surface area contributed by atoms with E-state index in [4.69, 9.17) is 14.5 Å². The van der Waals surface area contributed by atoms with E-state index >= 15 is 0 Å². The molecule has 0 amide bonds. The van der Waals surface area contributed by atoms with E-state index in [-0.39, 0.29) is 17.5 Å². The van der Waals surface area contributed by atoms with Gasteiger partial charge in [0.2, 0.25) is 5.88 Å². The second-order valence-corrected chi connectivity index (χ2v) is 11.9. The highest BCUT2D eigenvalue weighted by Crippen LogP contribution is 2.34. The molecule has 0 saturated carbocycles. The SMILES string of the molecule is CCCCC(CC)N1CCc2cc(COc3c(C)cccc3-c3cccc(-n4ncc(C(=O)O)c4OC(C)C)n3)ccc2C1. The standard InChI is InChI=1S/C36H44N4O4/c1-6-8-12-29(7-2)39-19-18-27-20-26(16-17-28(27)22-39)23-43-34-25(5)11-9-13-30(34)32-14-10-15-33(38-32)40-35(44-24(3)4)31(21-37-40)36(41)42/h9-11,13-17,20-21,24,29H,6-8,12,18-19,22-23H2,1-5H3,(H,41,42). The number of benzene rings is 2. The number of carboxylic acid groups (broad SMARTS) is 1. The molecule has 0 bridgehead atoms. The topological polar surface area (TPSA) is 89.7 Å². The third-order valence-corrected chi connectivity index (χ3v) is 8.32. The first-order chi connectivity index (χ1) is 21.3. The lowest BCUT2D eigenvalue weighted by Gasteiger charge is -2.35. The van der Waals surface area contributed by atoms with Crippen LogP contribution in [-0.4, -0.2) is 49.4 Å². The van der Waals surface area contributed by atoms with Crippen LogP contribution in [0.3, 0.4) is 0 Å². The number of para-hydroxylation sites is 1. The van der Waals surface area contributed by atoms with Crippen molar-refractivity contribution in [2.45, 2.75) is 92.0 Å². The average Bonchev–Trinajstić information content (AvgIpc) is 3.44. The van der Waals surface area contributed by atoms with Crippen LogP contribution in [0.2, 0.25) is 0 Å². The summed E-state index contributed by atoms with van der Waals surface area (Å²) in [5.74, 6) is 0.281. The third kappa shape index (κ3) is 6.97. The van der Waals surface area contributed by atoms with Crippen LogP contribution >= 0.6 is 0 Å². The predicted molar refractivity (Wildman–Crippen MR) is 173 cm³/mol.